The van der Waals surface area contributed by atoms with Crippen LogP contribution in [0.1, 0.15) is 65.7 Å². The van der Waals surface area contributed by atoms with E-state index in [9.17, 15) is 9.59 Å². The number of hydrogen-bond acceptors (Lipinski definition) is 3. The molecule has 0 bridgehead atoms. The Kier molecular flexibility index (Phi) is 3.97. The van der Waals surface area contributed by atoms with Crippen molar-refractivity contribution in [2.45, 2.75) is 71.8 Å². The van der Waals surface area contributed by atoms with Crippen molar-refractivity contribution in [3.8, 4) is 0 Å². The predicted molar refractivity (Wildman–Crippen MR) is 96.8 cm³/mol. The molecule has 0 radical (unpaired) electrons. The Hall–Kier alpha value is -1.38. The van der Waals surface area contributed by atoms with Crippen LogP contribution in [0.5, 0.6) is 0 Å². The molecule has 2 saturated carbocycles. The normalized spacial score (nSPS) is 45.2. The second-order valence-electron chi connectivity index (χ2n) is 9.09. The van der Waals surface area contributed by atoms with Crippen molar-refractivity contribution in [3.05, 3.63) is 23.8 Å². The number of carbonyl (C=O) groups is 2. The number of carbonyl (C=O) groups excluding carboxylic acids is 2. The van der Waals surface area contributed by atoms with Crippen LogP contribution in [0.2, 0.25) is 0 Å². The Labute approximate surface area is 150 Å². The lowest BCUT2D eigenvalue weighted by Gasteiger charge is -2.55. The molecular formula is C22H30O3. The van der Waals surface area contributed by atoms with E-state index >= 15 is 0 Å². The zero-order chi connectivity index (χ0) is 17.8. The lowest BCUT2D eigenvalue weighted by Crippen LogP contribution is -2.50. The molecule has 0 saturated heterocycles. The van der Waals surface area contributed by atoms with E-state index in [0.29, 0.717) is 30.6 Å². The highest BCUT2D eigenvalue weighted by Crippen LogP contribution is 2.64. The smallest absolute Gasteiger partial charge is 0.305 e. The van der Waals surface area contributed by atoms with E-state index in [2.05, 4.69) is 26.0 Å². The molecule has 4 aliphatic carbocycles. The number of ketones is 1. The van der Waals surface area contributed by atoms with E-state index in [1.807, 2.05) is 13.0 Å². The molecule has 4 rings (SSSR count). The number of hydrogen-bond donors (Lipinski definition) is 0. The summed E-state index contributed by atoms with van der Waals surface area (Å²) in [6, 6.07) is 0. The van der Waals surface area contributed by atoms with Crippen molar-refractivity contribution in [2.75, 3.05) is 0 Å². The SMILES string of the molecule is CCC(=O)O[C@H]1CCC2C3C=CC4=CC(=O)CCC4(C)C3CCC21C. The van der Waals surface area contributed by atoms with Crippen LogP contribution in [-0.2, 0) is 14.3 Å². The average molecular weight is 342 g/mol. The summed E-state index contributed by atoms with van der Waals surface area (Å²) >= 11 is 0. The van der Waals surface area contributed by atoms with Crippen LogP contribution in [0.15, 0.2) is 23.8 Å². The van der Waals surface area contributed by atoms with Crippen molar-refractivity contribution in [3.63, 3.8) is 0 Å². The third kappa shape index (κ3) is 2.45. The van der Waals surface area contributed by atoms with Crippen LogP contribution < -0.4 is 0 Å². The molecule has 3 nitrogen and oxygen atoms in total. The number of rotatable bonds is 2. The van der Waals surface area contributed by atoms with Gasteiger partial charge in [0.1, 0.15) is 6.10 Å². The van der Waals surface area contributed by atoms with E-state index in [-0.39, 0.29) is 28.7 Å². The first-order chi connectivity index (χ1) is 11.9. The van der Waals surface area contributed by atoms with E-state index in [1.165, 1.54) is 12.0 Å². The molecule has 0 aromatic rings. The summed E-state index contributed by atoms with van der Waals surface area (Å²) in [5, 5.41) is 0. The Morgan fingerprint density at radius 3 is 2.76 bits per heavy atom. The number of esters is 1. The number of ether oxygens (including phenoxy) is 1. The highest BCUT2D eigenvalue weighted by Gasteiger charge is 2.58. The van der Waals surface area contributed by atoms with Crippen molar-refractivity contribution in [2.24, 2.45) is 28.6 Å². The number of allylic oxidation sites excluding steroid dienone is 4. The predicted octanol–water partition coefficient (Wildman–Crippen LogP) is 4.62. The lowest BCUT2D eigenvalue weighted by molar-refractivity contribution is -0.158. The Morgan fingerprint density at radius 2 is 2.00 bits per heavy atom. The molecule has 4 aliphatic rings. The summed E-state index contributed by atoms with van der Waals surface area (Å²) in [5.41, 5.74) is 1.51. The first-order valence-corrected chi connectivity index (χ1v) is 10.0. The molecule has 0 heterocycles. The first-order valence-electron chi connectivity index (χ1n) is 10.0. The zero-order valence-corrected chi connectivity index (χ0v) is 15.7. The molecule has 2 fully saturated rings. The molecule has 0 spiro atoms. The second kappa shape index (κ2) is 5.82. The number of fused-ring (bicyclic) bond motifs is 5. The Balaban J connectivity index is 1.64. The maximum Gasteiger partial charge on any atom is 0.305 e. The second-order valence-corrected chi connectivity index (χ2v) is 9.09. The fourth-order valence-corrected chi connectivity index (χ4v) is 6.38. The van der Waals surface area contributed by atoms with E-state index < -0.39 is 0 Å². The molecule has 5 unspecified atom stereocenters. The van der Waals surface area contributed by atoms with Gasteiger partial charge in [0.05, 0.1) is 0 Å². The van der Waals surface area contributed by atoms with Gasteiger partial charge in [0, 0.05) is 18.3 Å². The van der Waals surface area contributed by atoms with Crippen molar-refractivity contribution < 1.29 is 14.3 Å². The summed E-state index contributed by atoms with van der Waals surface area (Å²) in [6.45, 7) is 6.59. The molecule has 0 aromatic heterocycles. The fraction of sp³-hybridized carbons (Fsp3) is 0.727. The highest BCUT2D eigenvalue weighted by molar-refractivity contribution is 5.92. The molecule has 0 amide bonds. The van der Waals surface area contributed by atoms with Gasteiger partial charge < -0.3 is 4.74 Å². The summed E-state index contributed by atoms with van der Waals surface area (Å²) in [5.74, 6) is 1.99. The van der Waals surface area contributed by atoms with Crippen LogP contribution in [0.4, 0.5) is 0 Å². The Bertz CT molecular complexity index is 660. The maximum atomic E-state index is 11.9. The van der Waals surface area contributed by atoms with Crippen molar-refractivity contribution >= 4 is 11.8 Å². The highest BCUT2D eigenvalue weighted by atomic mass is 16.5. The lowest BCUT2D eigenvalue weighted by atomic mass is 9.49. The molecular weight excluding hydrogens is 312 g/mol. The third-order valence-electron chi connectivity index (χ3n) is 7.99. The molecule has 0 N–H and O–H groups in total. The summed E-state index contributed by atoms with van der Waals surface area (Å²) in [4.78, 5) is 23.7. The maximum absolute atomic E-state index is 11.9. The van der Waals surface area contributed by atoms with Crippen LogP contribution >= 0.6 is 0 Å². The molecule has 136 valence electrons. The standard InChI is InChI=1S/C22H30O3/c1-4-20(24)25-19-8-7-17-16-6-5-14-13-15(23)9-11-21(14,2)18(16)10-12-22(17,19)3/h5-6,13,16-19H,4,7-12H2,1-3H3/t16?,17?,18?,19-,21?,22?/m0/s1. The van der Waals surface area contributed by atoms with Crippen LogP contribution in [0.25, 0.3) is 0 Å². The molecule has 6 atom stereocenters. The van der Waals surface area contributed by atoms with Gasteiger partial charge in [0.15, 0.2) is 5.78 Å². The quantitative estimate of drug-likeness (QED) is 0.688. The molecule has 0 aliphatic heterocycles. The summed E-state index contributed by atoms with van der Waals surface area (Å²) < 4.78 is 5.84. The topological polar surface area (TPSA) is 43.4 Å². The molecule has 0 aromatic carbocycles. The van der Waals surface area contributed by atoms with Crippen molar-refractivity contribution in [1.29, 1.82) is 0 Å². The van der Waals surface area contributed by atoms with Crippen LogP contribution in [-0.4, -0.2) is 17.9 Å². The minimum atomic E-state index is -0.0591. The van der Waals surface area contributed by atoms with Crippen LogP contribution in [0, 0.1) is 28.6 Å². The van der Waals surface area contributed by atoms with Gasteiger partial charge >= 0.3 is 5.97 Å². The summed E-state index contributed by atoms with van der Waals surface area (Å²) in [6.07, 6.45) is 13.2. The average Bonchev–Trinajstić information content (AvgIpc) is 2.92. The molecule has 3 heteroatoms. The van der Waals surface area contributed by atoms with Gasteiger partial charge in [-0.3, -0.25) is 9.59 Å². The zero-order valence-electron chi connectivity index (χ0n) is 15.7. The van der Waals surface area contributed by atoms with E-state index in [4.69, 9.17) is 4.74 Å². The van der Waals surface area contributed by atoms with Crippen molar-refractivity contribution in [1.82, 2.24) is 0 Å². The van der Waals surface area contributed by atoms with Gasteiger partial charge in [0.25, 0.3) is 0 Å². The van der Waals surface area contributed by atoms with Crippen LogP contribution in [0.3, 0.4) is 0 Å². The Morgan fingerprint density at radius 1 is 1.20 bits per heavy atom. The largest absolute Gasteiger partial charge is 0.462 e. The fourth-order valence-electron chi connectivity index (χ4n) is 6.38. The van der Waals surface area contributed by atoms with E-state index in [1.54, 1.807) is 0 Å². The van der Waals surface area contributed by atoms with Gasteiger partial charge in [-0.25, -0.2) is 0 Å². The van der Waals surface area contributed by atoms with Gasteiger partial charge in [-0.05, 0) is 66.9 Å². The minimum absolute atomic E-state index is 0.0591. The summed E-state index contributed by atoms with van der Waals surface area (Å²) in [7, 11) is 0. The first kappa shape index (κ1) is 17.1. The third-order valence-corrected chi connectivity index (χ3v) is 7.99. The van der Waals surface area contributed by atoms with Gasteiger partial charge in [-0.2, -0.15) is 0 Å². The minimum Gasteiger partial charge on any atom is -0.462 e. The molecule has 25 heavy (non-hydrogen) atoms. The van der Waals surface area contributed by atoms with E-state index in [0.717, 1.165) is 25.7 Å². The van der Waals surface area contributed by atoms with Gasteiger partial charge in [-0.15, -0.1) is 0 Å². The van der Waals surface area contributed by atoms with Gasteiger partial charge in [0.2, 0.25) is 0 Å². The monoisotopic (exact) mass is 342 g/mol. The van der Waals surface area contributed by atoms with Gasteiger partial charge in [-0.1, -0.05) is 32.9 Å².